The van der Waals surface area contributed by atoms with Crippen molar-refractivity contribution in [1.29, 1.82) is 0 Å². The van der Waals surface area contributed by atoms with Crippen LogP contribution in [0.1, 0.15) is 25.7 Å². The van der Waals surface area contributed by atoms with Crippen LogP contribution in [0.5, 0.6) is 0 Å². The van der Waals surface area contributed by atoms with Crippen LogP contribution in [-0.4, -0.2) is 25.6 Å². The Labute approximate surface area is 103 Å². The zero-order valence-corrected chi connectivity index (χ0v) is 10.7. The molecule has 0 aliphatic carbocycles. The predicted octanol–water partition coefficient (Wildman–Crippen LogP) is -0.495. The molecule has 2 aromatic heterocycles. The second kappa shape index (κ2) is 4.41. The lowest BCUT2D eigenvalue weighted by Gasteiger charge is -2.09. The number of imidazole rings is 1. The molecule has 0 unspecified atom stereocenters. The number of hydrogen-bond acceptors (Lipinski definition) is 4. The maximum atomic E-state index is 11.9. The van der Waals surface area contributed by atoms with E-state index in [9.17, 15) is 9.59 Å². The van der Waals surface area contributed by atoms with Gasteiger partial charge in [-0.3, -0.25) is 14.3 Å². The van der Waals surface area contributed by atoms with Gasteiger partial charge < -0.3 is 10.3 Å². The van der Waals surface area contributed by atoms with E-state index in [2.05, 4.69) is 9.97 Å². The van der Waals surface area contributed by atoms with E-state index < -0.39 is 11.2 Å². The molecule has 2 rings (SSSR count). The Kier molecular flexibility index (Phi) is 3.08. The van der Waals surface area contributed by atoms with Crippen LogP contribution in [0.2, 0.25) is 0 Å². The first-order valence-electron chi connectivity index (χ1n) is 5.87. The van der Waals surface area contributed by atoms with E-state index in [1.54, 1.807) is 11.6 Å². The minimum atomic E-state index is -0.431. The Morgan fingerprint density at radius 3 is 2.61 bits per heavy atom. The zero-order valence-electron chi connectivity index (χ0n) is 10.7. The predicted molar refractivity (Wildman–Crippen MR) is 68.7 cm³/mol. The number of aromatic amines is 1. The molecule has 0 atom stereocenters. The lowest BCUT2D eigenvalue weighted by atomic mass is 10.4. The van der Waals surface area contributed by atoms with Crippen molar-refractivity contribution in [3.8, 4) is 0 Å². The molecule has 18 heavy (non-hydrogen) atoms. The largest absolute Gasteiger partial charge is 0.330 e. The molecule has 0 fully saturated rings. The van der Waals surface area contributed by atoms with E-state index in [4.69, 9.17) is 5.73 Å². The Balaban J connectivity index is 2.91. The fourth-order valence-corrected chi connectivity index (χ4v) is 2.10. The summed E-state index contributed by atoms with van der Waals surface area (Å²) in [5, 5.41) is 0. The molecule has 0 aliphatic heterocycles. The number of hydrogen-bond donors (Lipinski definition) is 2. The molecule has 0 bridgehead atoms. The van der Waals surface area contributed by atoms with Gasteiger partial charge in [0.1, 0.15) is 5.82 Å². The van der Waals surface area contributed by atoms with Crippen molar-refractivity contribution in [3.63, 3.8) is 0 Å². The second-order valence-electron chi connectivity index (χ2n) is 4.52. The molecule has 0 aliphatic rings. The first-order chi connectivity index (χ1) is 8.47. The fraction of sp³-hybridized carbons (Fsp3) is 0.545. The maximum Gasteiger partial charge on any atom is 0.330 e. The van der Waals surface area contributed by atoms with Crippen LogP contribution >= 0.6 is 0 Å². The molecular formula is C11H17N5O2. The topological polar surface area (TPSA) is 98.7 Å². The molecule has 0 aromatic carbocycles. The van der Waals surface area contributed by atoms with E-state index in [1.165, 1.54) is 4.57 Å². The van der Waals surface area contributed by atoms with Crippen molar-refractivity contribution in [1.82, 2.24) is 19.1 Å². The average molecular weight is 251 g/mol. The van der Waals surface area contributed by atoms with Crippen molar-refractivity contribution in [2.45, 2.75) is 26.3 Å². The Bertz CT molecular complexity index is 692. The number of nitrogens with zero attached hydrogens (tertiary/aromatic N) is 3. The molecule has 2 aromatic rings. The van der Waals surface area contributed by atoms with E-state index in [1.807, 2.05) is 13.8 Å². The summed E-state index contributed by atoms with van der Waals surface area (Å²) in [7, 11) is 1.75. The number of H-pyrrole nitrogens is 1. The van der Waals surface area contributed by atoms with E-state index in [-0.39, 0.29) is 6.04 Å². The molecule has 7 heteroatoms. The second-order valence-corrected chi connectivity index (χ2v) is 4.52. The summed E-state index contributed by atoms with van der Waals surface area (Å²) in [6, 6.07) is -0.0718. The Morgan fingerprint density at radius 2 is 2.06 bits per heavy atom. The van der Waals surface area contributed by atoms with Crippen LogP contribution in [0.15, 0.2) is 9.59 Å². The summed E-state index contributed by atoms with van der Waals surface area (Å²) in [6.07, 6.45) is 0.566. The van der Waals surface area contributed by atoms with Crippen LogP contribution in [0.3, 0.4) is 0 Å². The van der Waals surface area contributed by atoms with Crippen molar-refractivity contribution in [2.75, 3.05) is 6.54 Å². The highest BCUT2D eigenvalue weighted by molar-refractivity contribution is 5.70. The quantitative estimate of drug-likeness (QED) is 0.768. The number of fused-ring (bicyclic) bond motifs is 1. The molecule has 0 spiro atoms. The minimum absolute atomic E-state index is 0.0718. The summed E-state index contributed by atoms with van der Waals surface area (Å²) in [5.74, 6) is 0.706. The fourth-order valence-electron chi connectivity index (χ4n) is 2.10. The summed E-state index contributed by atoms with van der Waals surface area (Å²) >= 11 is 0. The lowest BCUT2D eigenvalue weighted by molar-refractivity contribution is 0.580. The number of aromatic nitrogens is 4. The molecular weight excluding hydrogens is 234 g/mol. The van der Waals surface area contributed by atoms with Crippen LogP contribution in [0, 0.1) is 0 Å². The number of nitrogens with one attached hydrogen (secondary N) is 1. The highest BCUT2D eigenvalue weighted by Gasteiger charge is 2.17. The summed E-state index contributed by atoms with van der Waals surface area (Å²) in [4.78, 5) is 30.3. The summed E-state index contributed by atoms with van der Waals surface area (Å²) < 4.78 is 3.18. The normalized spacial score (nSPS) is 11.6. The van der Waals surface area contributed by atoms with Crippen LogP contribution < -0.4 is 17.0 Å². The standard InChI is InChI=1S/C11H17N5O2/c1-6(2)16-9-8(10(17)14-11(16)18)15(3)7(13-9)4-5-12/h6H,4-5,12H2,1-3H3,(H,14,17,18). The van der Waals surface area contributed by atoms with Gasteiger partial charge in [-0.1, -0.05) is 0 Å². The van der Waals surface area contributed by atoms with Gasteiger partial charge in [-0.05, 0) is 20.4 Å². The molecule has 0 amide bonds. The van der Waals surface area contributed by atoms with Gasteiger partial charge in [0.25, 0.3) is 5.56 Å². The van der Waals surface area contributed by atoms with Gasteiger partial charge in [-0.25, -0.2) is 9.78 Å². The number of rotatable bonds is 3. The first kappa shape index (κ1) is 12.6. The maximum absolute atomic E-state index is 11.9. The van der Waals surface area contributed by atoms with E-state index in [0.29, 0.717) is 30.0 Å². The van der Waals surface area contributed by atoms with Crippen molar-refractivity contribution < 1.29 is 0 Å². The minimum Gasteiger partial charge on any atom is -0.330 e. The third-order valence-electron chi connectivity index (χ3n) is 2.94. The average Bonchev–Trinajstić information content (AvgIpc) is 2.56. The molecule has 0 saturated carbocycles. The number of nitrogens with two attached hydrogens (primary N) is 1. The summed E-state index contributed by atoms with van der Waals surface area (Å²) in [6.45, 7) is 4.19. The van der Waals surface area contributed by atoms with Crippen molar-refractivity contribution >= 4 is 11.2 Å². The zero-order chi connectivity index (χ0) is 13.4. The molecule has 0 radical (unpaired) electrons. The summed E-state index contributed by atoms with van der Waals surface area (Å²) in [5.41, 5.74) is 5.50. The van der Waals surface area contributed by atoms with Gasteiger partial charge in [-0.2, -0.15) is 0 Å². The number of aryl methyl sites for hydroxylation is 1. The lowest BCUT2D eigenvalue weighted by Crippen LogP contribution is -2.31. The molecule has 2 heterocycles. The van der Waals surface area contributed by atoms with Gasteiger partial charge in [0.05, 0.1) is 0 Å². The molecule has 98 valence electrons. The SMILES string of the molecule is CC(C)n1c(=O)[nH]c(=O)c2c1nc(CCN)n2C. The Hall–Kier alpha value is -1.89. The Morgan fingerprint density at radius 1 is 1.39 bits per heavy atom. The van der Waals surface area contributed by atoms with E-state index >= 15 is 0 Å². The third-order valence-corrected chi connectivity index (χ3v) is 2.94. The van der Waals surface area contributed by atoms with Gasteiger partial charge in [-0.15, -0.1) is 0 Å². The van der Waals surface area contributed by atoms with Crippen molar-refractivity contribution in [3.05, 3.63) is 26.7 Å². The van der Waals surface area contributed by atoms with Crippen LogP contribution in [0.4, 0.5) is 0 Å². The van der Waals surface area contributed by atoms with Gasteiger partial charge in [0.15, 0.2) is 11.2 Å². The van der Waals surface area contributed by atoms with Crippen LogP contribution in [0.25, 0.3) is 11.2 Å². The van der Waals surface area contributed by atoms with Crippen LogP contribution in [-0.2, 0) is 13.5 Å². The van der Waals surface area contributed by atoms with Gasteiger partial charge >= 0.3 is 5.69 Å². The molecule has 0 saturated heterocycles. The molecule has 7 nitrogen and oxygen atoms in total. The highest BCUT2D eigenvalue weighted by atomic mass is 16.2. The van der Waals surface area contributed by atoms with Gasteiger partial charge in [0, 0.05) is 19.5 Å². The van der Waals surface area contributed by atoms with Crippen molar-refractivity contribution in [2.24, 2.45) is 12.8 Å². The smallest absolute Gasteiger partial charge is 0.330 e. The first-order valence-corrected chi connectivity index (χ1v) is 5.87. The van der Waals surface area contributed by atoms with Gasteiger partial charge in [0.2, 0.25) is 0 Å². The van der Waals surface area contributed by atoms with E-state index in [0.717, 1.165) is 0 Å². The monoisotopic (exact) mass is 251 g/mol. The third kappa shape index (κ3) is 1.76. The molecule has 3 N–H and O–H groups in total. The highest BCUT2D eigenvalue weighted by Crippen LogP contribution is 2.13.